The van der Waals surface area contributed by atoms with Gasteiger partial charge in [-0.3, -0.25) is 53.0 Å². The average molecular weight is 1280 g/mol. The number of unbranched alkanes of at least 4 members (excludes halogenated alkanes) is 2. The Morgan fingerprint density at radius 2 is 1.39 bits per heavy atom. The number of imide groups is 1. The maximum absolute atomic E-state index is 14.4. The van der Waals surface area contributed by atoms with Crippen molar-refractivity contribution in [3.8, 4) is 0 Å². The van der Waals surface area contributed by atoms with E-state index in [2.05, 4.69) is 54.3 Å². The summed E-state index contributed by atoms with van der Waals surface area (Å²) in [5, 5.41) is 13.7. The Bertz CT molecular complexity index is 2680. The van der Waals surface area contributed by atoms with Crippen LogP contribution in [0, 0.1) is 35.5 Å². The lowest BCUT2D eigenvalue weighted by molar-refractivity contribution is -0.146. The van der Waals surface area contributed by atoms with Gasteiger partial charge in [0.2, 0.25) is 53.2 Å². The van der Waals surface area contributed by atoms with Crippen LogP contribution in [-0.2, 0) is 70.4 Å². The number of carbonyl (C=O) groups is 10. The smallest absolute Gasteiger partial charge is 0.410 e. The Balaban J connectivity index is 1.23. The fraction of sp³-hybridized carbons (Fsp3) is 0.672. The molecule has 2 aliphatic rings. The number of methoxy groups -OCH3 is 2. The van der Waals surface area contributed by atoms with Gasteiger partial charge in [0.15, 0.2) is 0 Å². The number of anilines is 1. The molecule has 10 amide bonds. The number of benzene rings is 2. The normalized spacial score (nSPS) is 17.7. The van der Waals surface area contributed by atoms with Crippen molar-refractivity contribution in [3.05, 3.63) is 65.7 Å². The molecule has 0 aromatic heterocycles. The van der Waals surface area contributed by atoms with Gasteiger partial charge in [-0.05, 0) is 90.7 Å². The summed E-state index contributed by atoms with van der Waals surface area (Å²) in [5.41, 5.74) is 2.12. The SMILES string of the molecule is CC[C@H](C)[C@@H]([C@@H](CC(=O)N1CCC[C@H]1[C@H](OC)[C@@H](C)C(=O)N[C@@H](Cc1ccccc1)C(C)C)OC)N(C)C(=O)CNC(=O)C(C(C)C)N(C)C(=O)OCc1ccc(NC(=O)CNC(=O)C(NC(=O)CCCCCN2C(=O)CC(SCC(C)C)C2=O)C(C)C)cc1. The van der Waals surface area contributed by atoms with Crippen LogP contribution in [0.3, 0.4) is 0 Å². The molecular weight excluding hydrogens is 1170 g/mol. The first-order valence-corrected chi connectivity index (χ1v) is 33.2. The van der Waals surface area contributed by atoms with Gasteiger partial charge in [0.25, 0.3) is 0 Å². The molecule has 502 valence electrons. The van der Waals surface area contributed by atoms with Crippen molar-refractivity contribution in [1.82, 2.24) is 40.9 Å². The second-order valence-corrected chi connectivity index (χ2v) is 26.9. The van der Waals surface area contributed by atoms with Crippen molar-refractivity contribution >= 4 is 76.7 Å². The van der Waals surface area contributed by atoms with Crippen molar-refractivity contribution < 1.29 is 62.2 Å². The first kappa shape index (κ1) is 75.9. The number of likely N-dealkylation sites (tertiary alicyclic amines) is 2. The van der Waals surface area contributed by atoms with Gasteiger partial charge in [0.05, 0.1) is 55.0 Å². The van der Waals surface area contributed by atoms with Crippen LogP contribution in [0.4, 0.5) is 10.5 Å². The molecular formula is C67H105N9O13S. The third-order valence-electron chi connectivity index (χ3n) is 17.2. The van der Waals surface area contributed by atoms with Crippen molar-refractivity contribution in [1.29, 1.82) is 0 Å². The van der Waals surface area contributed by atoms with Crippen molar-refractivity contribution in [2.45, 2.75) is 195 Å². The fourth-order valence-electron chi connectivity index (χ4n) is 11.6. The van der Waals surface area contributed by atoms with Gasteiger partial charge in [0.1, 0.15) is 18.7 Å². The van der Waals surface area contributed by atoms with Crippen molar-refractivity contribution in [2.75, 3.05) is 65.6 Å². The topological polar surface area (TPSA) is 272 Å². The largest absolute Gasteiger partial charge is 0.445 e. The summed E-state index contributed by atoms with van der Waals surface area (Å²) in [7, 11) is 6.16. The molecule has 5 N–H and O–H groups in total. The van der Waals surface area contributed by atoms with E-state index in [1.807, 2.05) is 51.1 Å². The Morgan fingerprint density at radius 1 is 0.722 bits per heavy atom. The van der Waals surface area contributed by atoms with E-state index in [9.17, 15) is 47.9 Å². The lowest BCUT2D eigenvalue weighted by Gasteiger charge is -2.39. The minimum Gasteiger partial charge on any atom is -0.445 e. The molecule has 2 saturated heterocycles. The second-order valence-electron chi connectivity index (χ2n) is 25.6. The Kier molecular flexibility index (Phi) is 31.8. The van der Waals surface area contributed by atoms with Gasteiger partial charge in [-0.1, -0.05) is 131 Å². The number of carbonyl (C=O) groups excluding carboxylic acids is 10. The number of likely N-dealkylation sites (N-methyl/N-ethyl adjacent to an activating group) is 2. The Labute approximate surface area is 538 Å². The molecule has 3 unspecified atom stereocenters. The van der Waals surface area contributed by atoms with Gasteiger partial charge >= 0.3 is 6.09 Å². The van der Waals surface area contributed by atoms with Gasteiger partial charge < -0.3 is 50.6 Å². The predicted octanol–water partition coefficient (Wildman–Crippen LogP) is 6.97. The summed E-state index contributed by atoms with van der Waals surface area (Å²) in [6, 6.07) is 13.6. The summed E-state index contributed by atoms with van der Waals surface area (Å²) < 4.78 is 17.7. The minimum absolute atomic E-state index is 0.0373. The molecule has 2 heterocycles. The average Bonchev–Trinajstić information content (AvgIpc) is 2.55. The zero-order chi connectivity index (χ0) is 66.9. The summed E-state index contributed by atoms with van der Waals surface area (Å²) in [4.78, 5) is 139. The molecule has 2 fully saturated rings. The lowest BCUT2D eigenvalue weighted by Crippen LogP contribution is -2.56. The number of thioether (sulfide) groups is 1. The third kappa shape index (κ3) is 23.0. The van der Waals surface area contributed by atoms with E-state index in [0.29, 0.717) is 68.8 Å². The molecule has 0 aliphatic carbocycles. The highest BCUT2D eigenvalue weighted by Crippen LogP contribution is 2.31. The molecule has 23 heteroatoms. The van der Waals surface area contributed by atoms with Crippen LogP contribution >= 0.6 is 11.8 Å². The van der Waals surface area contributed by atoms with E-state index in [4.69, 9.17) is 14.2 Å². The number of rotatable bonds is 37. The van der Waals surface area contributed by atoms with E-state index in [1.165, 1.54) is 40.6 Å². The number of amides is 10. The van der Waals surface area contributed by atoms with Crippen molar-refractivity contribution in [3.63, 3.8) is 0 Å². The van der Waals surface area contributed by atoms with Crippen LogP contribution in [0.1, 0.15) is 145 Å². The van der Waals surface area contributed by atoms with Crippen LogP contribution in [0.25, 0.3) is 0 Å². The molecule has 90 heavy (non-hydrogen) atoms. The van der Waals surface area contributed by atoms with Crippen molar-refractivity contribution in [2.24, 2.45) is 35.5 Å². The van der Waals surface area contributed by atoms with Crippen LogP contribution in [0.15, 0.2) is 54.6 Å². The zero-order valence-corrected chi connectivity index (χ0v) is 56.9. The maximum Gasteiger partial charge on any atom is 0.410 e. The molecule has 0 spiro atoms. The third-order valence-corrected chi connectivity index (χ3v) is 18.8. The molecule has 22 nitrogen and oxygen atoms in total. The summed E-state index contributed by atoms with van der Waals surface area (Å²) in [6.07, 6.45) is 2.70. The Morgan fingerprint density at radius 3 is 1.99 bits per heavy atom. The van der Waals surface area contributed by atoms with Gasteiger partial charge in [-0.25, -0.2) is 4.79 Å². The molecule has 4 rings (SSSR count). The zero-order valence-electron chi connectivity index (χ0n) is 56.1. The van der Waals surface area contributed by atoms with Crippen LogP contribution < -0.4 is 26.6 Å². The van der Waals surface area contributed by atoms with Gasteiger partial charge in [-0.2, -0.15) is 0 Å². The van der Waals surface area contributed by atoms with E-state index in [1.54, 1.807) is 71.0 Å². The number of nitrogens with one attached hydrogen (secondary N) is 5. The van der Waals surface area contributed by atoms with Gasteiger partial charge in [-0.15, -0.1) is 11.8 Å². The van der Waals surface area contributed by atoms with E-state index in [-0.39, 0.29) is 103 Å². The highest BCUT2D eigenvalue weighted by atomic mass is 32.2. The molecule has 10 atom stereocenters. The Hall–Kier alpha value is -6.59. The monoisotopic (exact) mass is 1280 g/mol. The maximum atomic E-state index is 14.4. The van der Waals surface area contributed by atoms with Crippen LogP contribution in [-0.4, -0.2) is 187 Å². The first-order chi connectivity index (χ1) is 42.6. The van der Waals surface area contributed by atoms with Gasteiger partial charge in [0, 0.05) is 66.0 Å². The van der Waals surface area contributed by atoms with E-state index >= 15 is 0 Å². The van der Waals surface area contributed by atoms with E-state index < -0.39 is 72.5 Å². The molecule has 2 aromatic carbocycles. The number of hydrogen-bond donors (Lipinski definition) is 5. The summed E-state index contributed by atoms with van der Waals surface area (Å²) in [5.74, 6) is -2.92. The van der Waals surface area contributed by atoms with E-state index in [0.717, 1.165) is 17.7 Å². The summed E-state index contributed by atoms with van der Waals surface area (Å²) >= 11 is 1.52. The molecule has 0 saturated carbocycles. The minimum atomic E-state index is -1.02. The lowest BCUT2D eigenvalue weighted by atomic mass is 9.90. The molecule has 2 aromatic rings. The highest BCUT2D eigenvalue weighted by Gasteiger charge is 2.43. The van der Waals surface area contributed by atoms with Crippen LogP contribution in [0.2, 0.25) is 0 Å². The van der Waals surface area contributed by atoms with Crippen LogP contribution in [0.5, 0.6) is 0 Å². The quantitative estimate of drug-likeness (QED) is 0.0338. The predicted molar refractivity (Wildman–Crippen MR) is 348 cm³/mol. The number of hydrogen-bond acceptors (Lipinski definition) is 14. The summed E-state index contributed by atoms with van der Waals surface area (Å²) in [6.45, 7) is 21.1. The number of nitrogens with zero attached hydrogens (tertiary/aromatic N) is 4. The molecule has 2 aliphatic heterocycles. The number of ether oxygens (including phenoxy) is 3. The highest BCUT2D eigenvalue weighted by molar-refractivity contribution is 8.00. The molecule has 0 radical (unpaired) electrons. The molecule has 0 bridgehead atoms. The standard InChI is InChI=1S/C67H105N9O13S/c1-16-45(10)61(52(87-14)35-56(79)75-33-23-26-51(75)62(88-15)46(11)63(82)71-50(42(4)5)34-47-24-19-17-20-25-47)73(12)58(81)38-69-65(84)60(44(8)9)74(13)67(86)89-39-48-28-30-49(31-29-48)70-55(78)37-68-64(83)59(43(6)7)72-54(77)27-21-18-22-32-76-57(80)36-53(66(76)85)90-40-41(2)3/h17,19-20,24-25,28-31,41-46,50-53,59-62H,16,18,21-23,26-27,32-40H2,1-15H3,(H,68,83)(H,69,84)(H,70,78)(H,71,82)(H,72,77)/t45-,46+,50-,51-,52+,53?,59?,60?,61-,62+/m0/s1. The first-order valence-electron chi connectivity index (χ1n) is 32.2. The fourth-order valence-corrected chi connectivity index (χ4v) is 12.8. The second kappa shape index (κ2) is 37.7.